The number of ether oxygens (including phenoxy) is 1. The van der Waals surface area contributed by atoms with E-state index in [0.29, 0.717) is 0 Å². The van der Waals surface area contributed by atoms with Crippen molar-refractivity contribution in [2.45, 2.75) is 19.4 Å². The average molecular weight is 440 g/mol. The Morgan fingerprint density at radius 1 is 1.16 bits per heavy atom. The lowest BCUT2D eigenvalue weighted by Crippen LogP contribution is -2.52. The Labute approximate surface area is 187 Å². The van der Waals surface area contributed by atoms with Crippen molar-refractivity contribution in [2.24, 2.45) is 4.99 Å². The van der Waals surface area contributed by atoms with E-state index in [1.165, 1.54) is 7.11 Å². The molecule has 0 unspecified atom stereocenters. The van der Waals surface area contributed by atoms with Gasteiger partial charge in [0.2, 0.25) is 0 Å². The van der Waals surface area contributed by atoms with Crippen molar-refractivity contribution in [3.05, 3.63) is 59.8 Å². The second-order valence-corrected chi connectivity index (χ2v) is 7.85. The first-order valence-electron chi connectivity index (χ1n) is 11.0. The Balaban J connectivity index is 1.21. The highest BCUT2D eigenvalue weighted by Crippen LogP contribution is 2.19. The van der Waals surface area contributed by atoms with Crippen molar-refractivity contribution in [3.8, 4) is 5.75 Å². The number of pyridine rings is 1. The van der Waals surface area contributed by atoms with Crippen LogP contribution in [0.5, 0.6) is 5.75 Å². The molecule has 0 bridgehead atoms. The molecule has 1 aliphatic heterocycles. The topological polar surface area (TPSA) is 70.3 Å². The normalized spacial score (nSPS) is 15.3. The minimum atomic E-state index is -0.313. The fourth-order valence-corrected chi connectivity index (χ4v) is 4.02. The minimum absolute atomic E-state index is 0.283. The molecule has 1 fully saturated rings. The number of nitrogens with zero attached hydrogens (tertiary/aromatic N) is 6. The SMILES string of the molecule is CN=C(NCCCc1nnc2ccccn12)N1CCN(Cc2ccc(OC)c(F)c2)CC1. The van der Waals surface area contributed by atoms with Crippen LogP contribution in [0.3, 0.4) is 0 Å². The summed E-state index contributed by atoms with van der Waals surface area (Å²) in [6.45, 7) is 5.12. The molecule has 8 nitrogen and oxygen atoms in total. The van der Waals surface area contributed by atoms with Gasteiger partial charge in [0.25, 0.3) is 0 Å². The molecular weight excluding hydrogens is 409 g/mol. The second kappa shape index (κ2) is 10.4. The quantitative estimate of drug-likeness (QED) is 0.346. The van der Waals surface area contributed by atoms with Gasteiger partial charge in [0.15, 0.2) is 23.2 Å². The summed E-state index contributed by atoms with van der Waals surface area (Å²) in [5.41, 5.74) is 1.83. The Hall–Kier alpha value is -3.20. The second-order valence-electron chi connectivity index (χ2n) is 7.85. The highest BCUT2D eigenvalue weighted by Gasteiger charge is 2.20. The summed E-state index contributed by atoms with van der Waals surface area (Å²) in [5.74, 6) is 1.87. The van der Waals surface area contributed by atoms with Crippen molar-refractivity contribution in [1.82, 2.24) is 29.7 Å². The van der Waals surface area contributed by atoms with Crippen LogP contribution in [0.25, 0.3) is 5.65 Å². The van der Waals surface area contributed by atoms with Crippen LogP contribution in [0.4, 0.5) is 4.39 Å². The van der Waals surface area contributed by atoms with Crippen molar-refractivity contribution in [1.29, 1.82) is 0 Å². The van der Waals surface area contributed by atoms with E-state index in [9.17, 15) is 4.39 Å². The van der Waals surface area contributed by atoms with E-state index in [1.54, 1.807) is 12.1 Å². The number of aliphatic imine (C=N–C) groups is 1. The summed E-state index contributed by atoms with van der Waals surface area (Å²) >= 11 is 0. The number of piperazine rings is 1. The monoisotopic (exact) mass is 439 g/mol. The van der Waals surface area contributed by atoms with E-state index in [0.717, 1.165) is 75.1 Å². The molecule has 4 rings (SSSR count). The van der Waals surface area contributed by atoms with Gasteiger partial charge >= 0.3 is 0 Å². The van der Waals surface area contributed by atoms with Crippen LogP contribution in [0.2, 0.25) is 0 Å². The Bertz CT molecular complexity index is 1060. The number of aromatic nitrogens is 3. The number of hydrogen-bond donors (Lipinski definition) is 1. The van der Waals surface area contributed by atoms with Crippen LogP contribution in [-0.4, -0.2) is 77.2 Å². The van der Waals surface area contributed by atoms with Crippen molar-refractivity contribution in [2.75, 3.05) is 46.9 Å². The molecule has 1 aliphatic rings. The maximum atomic E-state index is 13.9. The summed E-state index contributed by atoms with van der Waals surface area (Å²) in [6, 6.07) is 11.1. The van der Waals surface area contributed by atoms with Gasteiger partial charge in [-0.2, -0.15) is 0 Å². The van der Waals surface area contributed by atoms with Crippen LogP contribution in [0, 0.1) is 5.82 Å². The highest BCUT2D eigenvalue weighted by molar-refractivity contribution is 5.79. The van der Waals surface area contributed by atoms with Gasteiger partial charge in [-0.05, 0) is 36.2 Å². The predicted molar refractivity (Wildman–Crippen MR) is 122 cm³/mol. The molecule has 32 heavy (non-hydrogen) atoms. The minimum Gasteiger partial charge on any atom is -0.494 e. The van der Waals surface area contributed by atoms with Gasteiger partial charge in [-0.25, -0.2) is 4.39 Å². The van der Waals surface area contributed by atoms with E-state index in [-0.39, 0.29) is 11.6 Å². The number of methoxy groups -OCH3 is 1. The number of benzene rings is 1. The molecule has 0 saturated carbocycles. The molecule has 0 aliphatic carbocycles. The first-order valence-corrected chi connectivity index (χ1v) is 11.0. The molecule has 0 atom stereocenters. The zero-order chi connectivity index (χ0) is 22.3. The van der Waals surface area contributed by atoms with Gasteiger partial charge in [-0.1, -0.05) is 12.1 Å². The molecular formula is C23H30FN7O. The predicted octanol–water partition coefficient (Wildman–Crippen LogP) is 2.20. The molecule has 1 aromatic carbocycles. The maximum Gasteiger partial charge on any atom is 0.193 e. The number of halogens is 1. The lowest BCUT2D eigenvalue weighted by Gasteiger charge is -2.36. The fourth-order valence-electron chi connectivity index (χ4n) is 4.02. The van der Waals surface area contributed by atoms with Crippen LogP contribution in [-0.2, 0) is 13.0 Å². The van der Waals surface area contributed by atoms with Gasteiger partial charge in [0, 0.05) is 58.9 Å². The fraction of sp³-hybridized carbons (Fsp3) is 0.435. The van der Waals surface area contributed by atoms with Gasteiger partial charge < -0.3 is 15.0 Å². The molecule has 0 spiro atoms. The average Bonchev–Trinajstić information content (AvgIpc) is 3.23. The summed E-state index contributed by atoms with van der Waals surface area (Å²) in [4.78, 5) is 9.06. The summed E-state index contributed by atoms with van der Waals surface area (Å²) in [7, 11) is 3.30. The van der Waals surface area contributed by atoms with Gasteiger partial charge in [-0.15, -0.1) is 10.2 Å². The van der Waals surface area contributed by atoms with Crippen LogP contribution >= 0.6 is 0 Å². The molecule has 2 aromatic heterocycles. The molecule has 0 radical (unpaired) electrons. The molecule has 1 N–H and O–H groups in total. The molecule has 170 valence electrons. The van der Waals surface area contributed by atoms with E-state index in [4.69, 9.17) is 4.74 Å². The zero-order valence-corrected chi connectivity index (χ0v) is 18.7. The van der Waals surface area contributed by atoms with Crippen molar-refractivity contribution < 1.29 is 9.13 Å². The smallest absolute Gasteiger partial charge is 0.193 e. The summed E-state index contributed by atoms with van der Waals surface area (Å²) < 4.78 is 21.0. The number of aryl methyl sites for hydroxylation is 1. The Morgan fingerprint density at radius 3 is 2.75 bits per heavy atom. The van der Waals surface area contributed by atoms with E-state index < -0.39 is 0 Å². The largest absolute Gasteiger partial charge is 0.494 e. The Morgan fingerprint density at radius 2 is 2.00 bits per heavy atom. The standard InChI is InChI=1S/C23H30FN7O/c1-25-23(26-10-5-7-22-28-27-21-6-3-4-11-31(21)22)30-14-12-29(13-15-30)17-18-8-9-20(32-2)19(24)16-18/h3-4,6,8-9,11,16H,5,7,10,12-15,17H2,1-2H3,(H,25,26). The van der Waals surface area contributed by atoms with Crippen LogP contribution in [0.15, 0.2) is 47.6 Å². The number of fused-ring (bicyclic) bond motifs is 1. The molecule has 9 heteroatoms. The third-order valence-corrected chi connectivity index (χ3v) is 5.75. The van der Waals surface area contributed by atoms with Crippen molar-refractivity contribution >= 4 is 11.6 Å². The van der Waals surface area contributed by atoms with E-state index >= 15 is 0 Å². The molecule has 3 aromatic rings. The summed E-state index contributed by atoms with van der Waals surface area (Å²) in [5, 5.41) is 12.0. The van der Waals surface area contributed by atoms with Gasteiger partial charge in [0.1, 0.15) is 5.82 Å². The van der Waals surface area contributed by atoms with Gasteiger partial charge in [-0.3, -0.25) is 14.3 Å². The lowest BCUT2D eigenvalue weighted by molar-refractivity contribution is 0.172. The first kappa shape index (κ1) is 22.0. The molecule has 3 heterocycles. The van der Waals surface area contributed by atoms with Crippen molar-refractivity contribution in [3.63, 3.8) is 0 Å². The van der Waals surface area contributed by atoms with Crippen LogP contribution < -0.4 is 10.1 Å². The number of nitrogens with one attached hydrogen (secondary N) is 1. The van der Waals surface area contributed by atoms with Crippen LogP contribution in [0.1, 0.15) is 17.8 Å². The maximum absolute atomic E-state index is 13.9. The Kier molecular flexibility index (Phi) is 7.16. The number of guanidine groups is 1. The molecule has 0 amide bonds. The first-order chi connectivity index (χ1) is 15.7. The summed E-state index contributed by atoms with van der Waals surface area (Å²) in [6.07, 6.45) is 3.79. The zero-order valence-electron chi connectivity index (χ0n) is 18.7. The van der Waals surface area contributed by atoms with Gasteiger partial charge in [0.05, 0.1) is 7.11 Å². The third kappa shape index (κ3) is 5.16. The van der Waals surface area contributed by atoms with E-state index in [1.807, 2.05) is 41.9 Å². The molecule has 1 saturated heterocycles. The number of rotatable bonds is 7. The number of hydrogen-bond acceptors (Lipinski definition) is 5. The third-order valence-electron chi connectivity index (χ3n) is 5.75. The lowest BCUT2D eigenvalue weighted by atomic mass is 10.2. The highest BCUT2D eigenvalue weighted by atomic mass is 19.1. The van der Waals surface area contributed by atoms with E-state index in [2.05, 4.69) is 30.3 Å².